The quantitative estimate of drug-likeness (QED) is 0.0512. The Hall–Kier alpha value is -5.72. The number of methoxy groups -OCH3 is 1. The summed E-state index contributed by atoms with van der Waals surface area (Å²) >= 11 is 0. The van der Waals surface area contributed by atoms with Crippen molar-refractivity contribution in [3.63, 3.8) is 0 Å². The van der Waals surface area contributed by atoms with Gasteiger partial charge in [0.2, 0.25) is 19.2 Å². The summed E-state index contributed by atoms with van der Waals surface area (Å²) in [6.45, 7) is 10.2. The average molecular weight is 867 g/mol. The number of hydrogen-bond donors (Lipinski definition) is 2. The first-order chi connectivity index (χ1) is 29.6. The number of pyridine rings is 1. The first-order valence-corrected chi connectivity index (χ1v) is 23.1. The Labute approximate surface area is 362 Å². The molecular weight excluding hydrogens is 812 g/mol. The number of amides is 3. The fraction of sp³-hybridized carbons (Fsp3) is 0.426. The standard InChI is InChI=1S/C47H55N4O10P/c1-7-32-27-47(32,62(6,56)59-29-58-44(54)31-18-12-9-13-19-31)50-42(52)39-25-35(28-51(39)43(53)41(46(2,3)4)49-45(55)61-33-20-14-15-21-33)60-40-26-37(30-16-10-8-11-17-30)48-38-24-34(57-5)22-23-36(38)40/h7-13,16-19,22-24,26,32-33,35,39,41H,1,14-15,20-21,25,27-29H2,2-6H3,(H,49,55)(H,50,52)/t32-,35-,39+,41?,47+,62?/m1/s1. The van der Waals surface area contributed by atoms with E-state index in [-0.39, 0.29) is 25.5 Å². The van der Waals surface area contributed by atoms with Crippen LogP contribution in [0.4, 0.5) is 4.79 Å². The van der Waals surface area contributed by atoms with Crippen molar-refractivity contribution in [1.82, 2.24) is 20.5 Å². The molecule has 3 amide bonds. The second-order valence-corrected chi connectivity index (χ2v) is 20.1. The SMILES string of the molecule is C=C[C@@H]1C[C@]1(NC(=O)[C@@H]1C[C@@H](Oc2cc(-c3ccccc3)nc3cc(OC)ccc23)CN1C(=O)C(NC(=O)OC1CCCC1)C(C)(C)C)P(C)(=O)OCOC(=O)c1ccccc1. The molecule has 15 heteroatoms. The van der Waals surface area contributed by atoms with Crippen molar-refractivity contribution in [1.29, 1.82) is 0 Å². The summed E-state index contributed by atoms with van der Waals surface area (Å²) in [6, 6.07) is 23.1. The van der Waals surface area contributed by atoms with Crippen LogP contribution in [-0.2, 0) is 28.2 Å². The highest BCUT2D eigenvalue weighted by Crippen LogP contribution is 2.70. The van der Waals surface area contributed by atoms with Crippen LogP contribution >= 0.6 is 7.37 Å². The summed E-state index contributed by atoms with van der Waals surface area (Å²) in [4.78, 5) is 61.9. The summed E-state index contributed by atoms with van der Waals surface area (Å²) in [5.74, 6) is -1.08. The van der Waals surface area contributed by atoms with E-state index in [2.05, 4.69) is 17.2 Å². The van der Waals surface area contributed by atoms with Crippen molar-refractivity contribution in [2.24, 2.45) is 11.3 Å². The number of hydrogen-bond acceptors (Lipinski definition) is 11. The van der Waals surface area contributed by atoms with Gasteiger partial charge in [0.05, 0.1) is 30.4 Å². The van der Waals surface area contributed by atoms with E-state index in [0.29, 0.717) is 33.7 Å². The molecule has 0 spiro atoms. The second kappa shape index (κ2) is 18.3. The van der Waals surface area contributed by atoms with Crippen LogP contribution in [0.1, 0.15) is 69.7 Å². The van der Waals surface area contributed by atoms with Gasteiger partial charge in [-0.2, -0.15) is 0 Å². The number of fused-ring (bicyclic) bond motifs is 1. The Morgan fingerprint density at radius 1 is 0.984 bits per heavy atom. The largest absolute Gasteiger partial charge is 0.497 e. The van der Waals surface area contributed by atoms with Crippen molar-refractivity contribution in [3.8, 4) is 22.8 Å². The predicted molar refractivity (Wildman–Crippen MR) is 234 cm³/mol. The van der Waals surface area contributed by atoms with Crippen LogP contribution in [0, 0.1) is 11.3 Å². The number of esters is 1. The van der Waals surface area contributed by atoms with Crippen LogP contribution in [0.25, 0.3) is 22.2 Å². The number of carbonyl (C=O) groups is 4. The molecule has 14 nitrogen and oxygen atoms in total. The Balaban J connectivity index is 1.18. The Morgan fingerprint density at radius 2 is 1.68 bits per heavy atom. The second-order valence-electron chi connectivity index (χ2n) is 17.3. The van der Waals surface area contributed by atoms with Gasteiger partial charge >= 0.3 is 12.1 Å². The molecule has 6 atom stereocenters. The summed E-state index contributed by atoms with van der Waals surface area (Å²) in [5, 5.41) is 5.15. The van der Waals surface area contributed by atoms with Crippen molar-refractivity contribution in [2.45, 2.75) is 88.9 Å². The lowest BCUT2D eigenvalue weighted by Crippen LogP contribution is -2.58. The van der Waals surface area contributed by atoms with E-state index in [4.69, 9.17) is 28.5 Å². The highest BCUT2D eigenvalue weighted by molar-refractivity contribution is 7.60. The first kappa shape index (κ1) is 44.3. The normalized spacial score (nSPS) is 22.5. The topological polar surface area (TPSA) is 172 Å². The Bertz CT molecular complexity index is 2350. The number of aromatic nitrogens is 1. The minimum Gasteiger partial charge on any atom is -0.497 e. The smallest absolute Gasteiger partial charge is 0.408 e. The van der Waals surface area contributed by atoms with Crippen LogP contribution in [0.15, 0.2) is 97.6 Å². The van der Waals surface area contributed by atoms with Gasteiger partial charge in [-0.05, 0) is 61.8 Å². The zero-order valence-electron chi connectivity index (χ0n) is 35.8. The van der Waals surface area contributed by atoms with E-state index >= 15 is 0 Å². The van der Waals surface area contributed by atoms with E-state index < -0.39 is 72.8 Å². The molecule has 3 aromatic carbocycles. The molecule has 2 heterocycles. The van der Waals surface area contributed by atoms with Crippen molar-refractivity contribution in [2.75, 3.05) is 27.1 Å². The van der Waals surface area contributed by atoms with Crippen LogP contribution in [0.5, 0.6) is 11.5 Å². The van der Waals surface area contributed by atoms with Crippen molar-refractivity contribution < 1.29 is 47.2 Å². The average Bonchev–Trinajstić information content (AvgIpc) is 3.51. The highest BCUT2D eigenvalue weighted by atomic mass is 31.2. The molecule has 4 aromatic rings. The number of rotatable bonds is 15. The zero-order chi connectivity index (χ0) is 44.2. The van der Waals surface area contributed by atoms with Gasteiger partial charge in [0, 0.05) is 42.1 Å². The van der Waals surface area contributed by atoms with Crippen LogP contribution < -0.4 is 20.1 Å². The highest BCUT2D eigenvalue weighted by Gasteiger charge is 2.65. The lowest BCUT2D eigenvalue weighted by atomic mass is 9.85. The van der Waals surface area contributed by atoms with E-state index in [1.54, 1.807) is 43.5 Å². The Morgan fingerprint density at radius 3 is 2.32 bits per heavy atom. The molecule has 0 radical (unpaired) electrons. The summed E-state index contributed by atoms with van der Waals surface area (Å²) < 4.78 is 43.5. The minimum atomic E-state index is -3.77. The number of benzene rings is 3. The molecule has 7 rings (SSSR count). The van der Waals surface area contributed by atoms with E-state index in [0.717, 1.165) is 31.2 Å². The molecule has 2 saturated carbocycles. The Kier molecular flexibility index (Phi) is 13.1. The number of likely N-dealkylation sites (tertiary alicyclic amines) is 1. The van der Waals surface area contributed by atoms with Gasteiger partial charge in [0.1, 0.15) is 41.1 Å². The molecule has 3 aliphatic rings. The number of carbonyl (C=O) groups excluding carboxylic acids is 4. The lowest BCUT2D eigenvalue weighted by Gasteiger charge is -2.36. The van der Waals surface area contributed by atoms with Gasteiger partial charge < -0.3 is 34.5 Å². The predicted octanol–water partition coefficient (Wildman–Crippen LogP) is 8.10. The van der Waals surface area contributed by atoms with E-state index in [9.17, 15) is 23.7 Å². The van der Waals surface area contributed by atoms with Gasteiger partial charge in [0.15, 0.2) is 6.79 Å². The molecule has 3 fully saturated rings. The summed E-state index contributed by atoms with van der Waals surface area (Å²) in [6.07, 6.45) is 3.70. The summed E-state index contributed by atoms with van der Waals surface area (Å²) in [5.41, 5.74) is 1.64. The maximum Gasteiger partial charge on any atom is 0.408 e. The minimum absolute atomic E-state index is 0.0168. The van der Waals surface area contributed by atoms with E-state index in [1.165, 1.54) is 11.6 Å². The summed E-state index contributed by atoms with van der Waals surface area (Å²) in [7, 11) is -2.19. The third-order valence-electron chi connectivity index (χ3n) is 12.0. The van der Waals surface area contributed by atoms with Gasteiger partial charge in [-0.15, -0.1) is 6.58 Å². The molecule has 2 aliphatic carbocycles. The molecular formula is C47H55N4O10P. The van der Waals surface area contributed by atoms with E-state index in [1.807, 2.05) is 75.4 Å². The third kappa shape index (κ3) is 9.66. The third-order valence-corrected chi connectivity index (χ3v) is 14.6. The number of nitrogens with zero attached hydrogens (tertiary/aromatic N) is 2. The lowest BCUT2D eigenvalue weighted by molar-refractivity contribution is -0.142. The van der Waals surface area contributed by atoms with Crippen molar-refractivity contribution in [3.05, 3.63) is 103 Å². The maximum absolute atomic E-state index is 14.9. The number of nitrogens with one attached hydrogen (secondary N) is 2. The van der Waals surface area contributed by atoms with Crippen LogP contribution in [0.3, 0.4) is 0 Å². The molecule has 328 valence electrons. The van der Waals surface area contributed by atoms with Crippen LogP contribution in [-0.4, -0.2) is 90.4 Å². The maximum atomic E-state index is 14.9. The molecule has 62 heavy (non-hydrogen) atoms. The molecule has 2 N–H and O–H groups in total. The fourth-order valence-corrected chi connectivity index (χ4v) is 10.4. The molecule has 1 aliphatic heterocycles. The monoisotopic (exact) mass is 866 g/mol. The molecule has 2 unspecified atom stereocenters. The van der Waals surface area contributed by atoms with Gasteiger partial charge in [-0.1, -0.05) is 75.4 Å². The molecule has 0 bridgehead atoms. The number of alkyl carbamates (subject to hydrolysis) is 1. The van der Waals surface area contributed by atoms with Crippen LogP contribution in [0.2, 0.25) is 0 Å². The molecule has 1 aromatic heterocycles. The van der Waals surface area contributed by atoms with Gasteiger partial charge in [-0.25, -0.2) is 14.6 Å². The molecule has 1 saturated heterocycles. The fourth-order valence-electron chi connectivity index (χ4n) is 8.35. The number of ether oxygens (including phenoxy) is 4. The zero-order valence-corrected chi connectivity index (χ0v) is 36.7. The van der Waals surface area contributed by atoms with Gasteiger partial charge in [-0.3, -0.25) is 18.7 Å². The van der Waals surface area contributed by atoms with Crippen molar-refractivity contribution >= 4 is 42.1 Å². The first-order valence-electron chi connectivity index (χ1n) is 21.0. The van der Waals surface area contributed by atoms with Gasteiger partial charge in [0.25, 0.3) is 0 Å².